The van der Waals surface area contributed by atoms with Crippen molar-refractivity contribution in [2.75, 3.05) is 7.05 Å². The molecule has 1 rings (SSSR count). The van der Waals surface area contributed by atoms with E-state index in [9.17, 15) is 9.59 Å². The standard InChI is InChI=1S/C5H10N2O2.C5H10.6C2H6/c1-7-4(3-8)2-5(6)9;1-5-3-2-4-5;6*1-2/h3-4,7H,2H2,1H3,(H2,6,9);5H,2-4H2,1H3;6*1-2H3/t4-;;;;;;;/m0......./s1. The van der Waals surface area contributed by atoms with E-state index in [1.807, 2.05) is 83.1 Å². The van der Waals surface area contributed by atoms with Crippen molar-refractivity contribution in [3.63, 3.8) is 0 Å². The fourth-order valence-corrected chi connectivity index (χ4v) is 1.05. The Morgan fingerprint density at radius 2 is 1.19 bits per heavy atom. The van der Waals surface area contributed by atoms with Gasteiger partial charge in [-0.1, -0.05) is 109 Å². The highest BCUT2D eigenvalue weighted by Crippen LogP contribution is 2.24. The van der Waals surface area contributed by atoms with Gasteiger partial charge >= 0.3 is 0 Å². The van der Waals surface area contributed by atoms with Crippen LogP contribution in [-0.4, -0.2) is 25.3 Å². The van der Waals surface area contributed by atoms with Gasteiger partial charge in [0.05, 0.1) is 6.04 Å². The Balaban J connectivity index is -0.0000000364. The molecule has 0 radical (unpaired) electrons. The van der Waals surface area contributed by atoms with Crippen LogP contribution >= 0.6 is 0 Å². The smallest absolute Gasteiger partial charge is 0.219 e. The summed E-state index contributed by atoms with van der Waals surface area (Å²) < 4.78 is 0. The molecular formula is C22H56N2O2. The third kappa shape index (κ3) is 65.7. The molecule has 1 aliphatic carbocycles. The van der Waals surface area contributed by atoms with Gasteiger partial charge in [0.15, 0.2) is 0 Å². The lowest BCUT2D eigenvalue weighted by Gasteiger charge is -2.18. The first-order valence-electron chi connectivity index (χ1n) is 11.0. The molecule has 166 valence electrons. The lowest BCUT2D eigenvalue weighted by Crippen LogP contribution is -2.31. The molecule has 1 atom stereocenters. The molecule has 1 amide bonds. The van der Waals surface area contributed by atoms with Crippen LogP contribution in [0, 0.1) is 5.92 Å². The molecule has 3 N–H and O–H groups in total. The summed E-state index contributed by atoms with van der Waals surface area (Å²) in [5.41, 5.74) is 4.81. The first-order chi connectivity index (χ1) is 12.6. The number of rotatable bonds is 4. The fourth-order valence-electron chi connectivity index (χ4n) is 1.05. The summed E-state index contributed by atoms with van der Waals surface area (Å²) >= 11 is 0. The molecule has 0 bridgehead atoms. The van der Waals surface area contributed by atoms with Crippen LogP contribution in [0.3, 0.4) is 0 Å². The molecule has 1 fully saturated rings. The number of hydrogen-bond acceptors (Lipinski definition) is 3. The number of nitrogens with one attached hydrogen (secondary N) is 1. The van der Waals surface area contributed by atoms with Gasteiger partial charge in [0, 0.05) is 6.42 Å². The molecule has 0 spiro atoms. The van der Waals surface area contributed by atoms with E-state index in [1.54, 1.807) is 7.05 Å². The van der Waals surface area contributed by atoms with Crippen molar-refractivity contribution in [2.45, 2.75) is 122 Å². The summed E-state index contributed by atoms with van der Waals surface area (Å²) in [6, 6.07) is -0.428. The van der Waals surface area contributed by atoms with Crippen LogP contribution in [0.1, 0.15) is 116 Å². The van der Waals surface area contributed by atoms with E-state index in [2.05, 4.69) is 12.2 Å². The average Bonchev–Trinajstić information content (AvgIpc) is 2.74. The van der Waals surface area contributed by atoms with Gasteiger partial charge in [-0.3, -0.25) is 4.79 Å². The van der Waals surface area contributed by atoms with Crippen molar-refractivity contribution in [1.29, 1.82) is 0 Å². The minimum absolute atomic E-state index is 0.0694. The zero-order valence-corrected chi connectivity index (χ0v) is 21.0. The molecule has 0 aromatic heterocycles. The number of carbonyl (C=O) groups excluding carboxylic acids is 2. The number of carbonyl (C=O) groups is 2. The maximum atomic E-state index is 10.2. The first-order valence-corrected chi connectivity index (χ1v) is 11.0. The predicted molar refractivity (Wildman–Crippen MR) is 124 cm³/mol. The number of amides is 1. The van der Waals surface area contributed by atoms with Crippen LogP contribution in [0.25, 0.3) is 0 Å². The Morgan fingerprint density at radius 3 is 1.23 bits per heavy atom. The van der Waals surface area contributed by atoms with Crippen LogP contribution < -0.4 is 11.1 Å². The first kappa shape index (κ1) is 44.5. The van der Waals surface area contributed by atoms with Gasteiger partial charge in [-0.25, -0.2) is 0 Å². The molecule has 0 aliphatic heterocycles. The van der Waals surface area contributed by atoms with Crippen molar-refractivity contribution >= 4 is 12.2 Å². The lowest BCUT2D eigenvalue weighted by molar-refractivity contribution is -0.120. The van der Waals surface area contributed by atoms with E-state index in [0.29, 0.717) is 6.29 Å². The van der Waals surface area contributed by atoms with E-state index < -0.39 is 11.9 Å². The molecule has 0 saturated heterocycles. The number of hydrogen-bond donors (Lipinski definition) is 2. The molecule has 1 aliphatic rings. The summed E-state index contributed by atoms with van der Waals surface area (Å²) in [5.74, 6) is 0.594. The molecule has 26 heavy (non-hydrogen) atoms. The maximum absolute atomic E-state index is 10.2. The predicted octanol–water partition coefficient (Wildman–Crippen LogP) is 6.61. The summed E-state index contributed by atoms with van der Waals surface area (Å²) in [7, 11) is 1.60. The average molecular weight is 381 g/mol. The molecule has 4 nitrogen and oxygen atoms in total. The highest BCUT2D eigenvalue weighted by atomic mass is 16.1. The van der Waals surface area contributed by atoms with E-state index in [-0.39, 0.29) is 6.42 Å². The fraction of sp³-hybridized carbons (Fsp3) is 0.909. The Hall–Kier alpha value is -0.900. The number of aldehydes is 1. The van der Waals surface area contributed by atoms with Gasteiger partial charge in [-0.05, 0) is 13.0 Å². The molecule has 1 saturated carbocycles. The third-order valence-corrected chi connectivity index (χ3v) is 2.35. The Bertz CT molecular complexity index is 183. The molecule has 0 unspecified atom stereocenters. The maximum Gasteiger partial charge on any atom is 0.219 e. The molecule has 4 heteroatoms. The van der Waals surface area contributed by atoms with Gasteiger partial charge in [-0.15, -0.1) is 0 Å². The summed E-state index contributed by atoms with van der Waals surface area (Å²) in [6.45, 7) is 26.3. The molecule has 0 aromatic rings. The zero-order valence-electron chi connectivity index (χ0n) is 21.0. The number of nitrogens with two attached hydrogens (primary N) is 1. The summed E-state index contributed by atoms with van der Waals surface area (Å²) in [6.07, 6.45) is 5.19. The summed E-state index contributed by atoms with van der Waals surface area (Å²) in [4.78, 5) is 20.2. The molecular weight excluding hydrogens is 324 g/mol. The SMILES string of the molecule is CC.CC.CC.CC.CC.CC.CC1CCC1.CN[C@H](C=O)CC(N)=O. The van der Waals surface area contributed by atoms with Gasteiger partial charge < -0.3 is 15.8 Å². The normalized spacial score (nSPS) is 10.7. The van der Waals surface area contributed by atoms with Crippen LogP contribution in [-0.2, 0) is 9.59 Å². The second kappa shape index (κ2) is 64.7. The second-order valence-corrected chi connectivity index (χ2v) is 3.74. The van der Waals surface area contributed by atoms with Crippen LogP contribution in [0.2, 0.25) is 0 Å². The van der Waals surface area contributed by atoms with Crippen LogP contribution in [0.15, 0.2) is 0 Å². The Morgan fingerprint density at radius 1 is 0.923 bits per heavy atom. The van der Waals surface area contributed by atoms with Crippen molar-refractivity contribution in [3.8, 4) is 0 Å². The third-order valence-electron chi connectivity index (χ3n) is 2.35. The van der Waals surface area contributed by atoms with E-state index in [1.165, 1.54) is 19.3 Å². The Labute approximate surface area is 168 Å². The van der Waals surface area contributed by atoms with Crippen molar-refractivity contribution in [2.24, 2.45) is 11.7 Å². The van der Waals surface area contributed by atoms with E-state index >= 15 is 0 Å². The van der Waals surface area contributed by atoms with Crippen molar-refractivity contribution in [3.05, 3.63) is 0 Å². The molecule has 0 heterocycles. The van der Waals surface area contributed by atoms with Crippen molar-refractivity contribution < 1.29 is 9.59 Å². The van der Waals surface area contributed by atoms with Gasteiger partial charge in [-0.2, -0.15) is 0 Å². The summed E-state index contributed by atoms with van der Waals surface area (Å²) in [5, 5.41) is 2.61. The van der Waals surface area contributed by atoms with Crippen molar-refractivity contribution in [1.82, 2.24) is 5.32 Å². The van der Waals surface area contributed by atoms with Gasteiger partial charge in [0.2, 0.25) is 5.91 Å². The van der Waals surface area contributed by atoms with E-state index in [0.717, 1.165) is 5.92 Å². The topological polar surface area (TPSA) is 72.2 Å². The monoisotopic (exact) mass is 380 g/mol. The van der Waals surface area contributed by atoms with Gasteiger partial charge in [0.1, 0.15) is 6.29 Å². The highest BCUT2D eigenvalue weighted by molar-refractivity contribution is 5.78. The largest absolute Gasteiger partial charge is 0.370 e. The minimum atomic E-state index is -0.471. The number of primary amides is 1. The minimum Gasteiger partial charge on any atom is -0.370 e. The van der Waals surface area contributed by atoms with Gasteiger partial charge in [0.25, 0.3) is 0 Å². The lowest BCUT2D eigenvalue weighted by atomic mass is 9.88. The van der Waals surface area contributed by atoms with Crippen LogP contribution in [0.5, 0.6) is 0 Å². The highest BCUT2D eigenvalue weighted by Gasteiger charge is 2.09. The van der Waals surface area contributed by atoms with E-state index in [4.69, 9.17) is 5.73 Å². The second-order valence-electron chi connectivity index (χ2n) is 3.74. The Kier molecular flexibility index (Phi) is 111. The molecule has 0 aromatic carbocycles. The quantitative estimate of drug-likeness (QED) is 0.539. The number of likely N-dealkylation sites (N-methyl/N-ethyl adjacent to an activating group) is 1. The zero-order chi connectivity index (χ0) is 23.0. The van der Waals surface area contributed by atoms with Crippen LogP contribution in [0.4, 0.5) is 0 Å².